The van der Waals surface area contributed by atoms with Crippen LogP contribution in [0.25, 0.3) is 11.2 Å². The lowest BCUT2D eigenvalue weighted by atomic mass is 9.78. The predicted octanol–water partition coefficient (Wildman–Crippen LogP) is 1.57. The SMILES string of the molecule is C[C@@H]1[C@@H](CO)O[C@@H](n2cnc3ccc(N)nc32)C1(C)C. The highest BCUT2D eigenvalue weighted by Gasteiger charge is 2.49. The molecule has 1 fully saturated rings. The normalized spacial score (nSPS) is 29.1. The van der Waals surface area contributed by atoms with Crippen LogP contribution in [0.2, 0.25) is 0 Å². The summed E-state index contributed by atoms with van der Waals surface area (Å²) in [6, 6.07) is 3.59. The Kier molecular flexibility index (Phi) is 2.95. The minimum Gasteiger partial charge on any atom is -0.394 e. The van der Waals surface area contributed by atoms with Gasteiger partial charge in [0.1, 0.15) is 17.6 Å². The van der Waals surface area contributed by atoms with Crippen LogP contribution in [0.5, 0.6) is 0 Å². The highest BCUT2D eigenvalue weighted by atomic mass is 16.5. The van der Waals surface area contributed by atoms with E-state index in [1.807, 2.05) is 10.6 Å². The van der Waals surface area contributed by atoms with Gasteiger partial charge >= 0.3 is 0 Å². The van der Waals surface area contributed by atoms with Crippen molar-refractivity contribution in [2.45, 2.75) is 33.1 Å². The molecular weight excluding hydrogens is 256 g/mol. The Balaban J connectivity index is 2.09. The number of rotatable bonds is 2. The number of anilines is 1. The number of hydrogen-bond donors (Lipinski definition) is 2. The van der Waals surface area contributed by atoms with Gasteiger partial charge in [0.2, 0.25) is 0 Å². The van der Waals surface area contributed by atoms with Crippen molar-refractivity contribution in [1.29, 1.82) is 0 Å². The standard InChI is InChI=1S/C14H20N4O2/c1-8-10(6-19)20-13(14(8,2)3)18-7-16-9-4-5-11(15)17-12(9)18/h4-5,7-8,10,13,19H,6H2,1-3H3,(H2,15,17)/t8-,10-,13-/m1/s1. The molecule has 3 N–H and O–H groups in total. The van der Waals surface area contributed by atoms with Crippen molar-refractivity contribution in [1.82, 2.24) is 14.5 Å². The van der Waals surface area contributed by atoms with E-state index in [0.717, 1.165) is 5.52 Å². The van der Waals surface area contributed by atoms with E-state index in [0.29, 0.717) is 11.5 Å². The van der Waals surface area contributed by atoms with Gasteiger partial charge in [0, 0.05) is 5.41 Å². The first-order valence-corrected chi connectivity index (χ1v) is 6.80. The van der Waals surface area contributed by atoms with Gasteiger partial charge in [-0.3, -0.25) is 4.57 Å². The first-order valence-electron chi connectivity index (χ1n) is 6.80. The van der Waals surface area contributed by atoms with Gasteiger partial charge in [-0.05, 0) is 18.1 Å². The Labute approximate surface area is 117 Å². The molecule has 0 aliphatic carbocycles. The third kappa shape index (κ3) is 1.79. The van der Waals surface area contributed by atoms with Crippen LogP contribution in [-0.2, 0) is 4.74 Å². The quantitative estimate of drug-likeness (QED) is 0.869. The summed E-state index contributed by atoms with van der Waals surface area (Å²) in [5.74, 6) is 0.692. The molecule has 2 aromatic rings. The lowest BCUT2D eigenvalue weighted by Crippen LogP contribution is -2.28. The second-order valence-corrected chi connectivity index (χ2v) is 6.05. The fourth-order valence-electron chi connectivity index (χ4n) is 2.89. The highest BCUT2D eigenvalue weighted by Crippen LogP contribution is 2.49. The van der Waals surface area contributed by atoms with Crippen molar-refractivity contribution in [3.05, 3.63) is 18.5 Å². The fraction of sp³-hybridized carbons (Fsp3) is 0.571. The number of fused-ring (bicyclic) bond motifs is 1. The average molecular weight is 276 g/mol. The Hall–Kier alpha value is -1.66. The Morgan fingerprint density at radius 2 is 2.20 bits per heavy atom. The molecule has 2 aromatic heterocycles. The molecule has 0 bridgehead atoms. The van der Waals surface area contributed by atoms with Crippen LogP contribution in [0.4, 0.5) is 5.82 Å². The van der Waals surface area contributed by atoms with Crippen molar-refractivity contribution in [3.8, 4) is 0 Å². The van der Waals surface area contributed by atoms with E-state index in [-0.39, 0.29) is 30.3 Å². The fourth-order valence-corrected chi connectivity index (χ4v) is 2.89. The summed E-state index contributed by atoms with van der Waals surface area (Å²) in [4.78, 5) is 8.71. The summed E-state index contributed by atoms with van der Waals surface area (Å²) in [5.41, 5.74) is 7.14. The summed E-state index contributed by atoms with van der Waals surface area (Å²) in [7, 11) is 0. The third-order valence-corrected chi connectivity index (χ3v) is 4.55. The minimum atomic E-state index is -0.214. The summed E-state index contributed by atoms with van der Waals surface area (Å²) in [6.07, 6.45) is 1.35. The zero-order valence-corrected chi connectivity index (χ0v) is 11.9. The van der Waals surface area contributed by atoms with E-state index in [2.05, 4.69) is 30.7 Å². The van der Waals surface area contributed by atoms with E-state index in [4.69, 9.17) is 10.5 Å². The third-order valence-electron chi connectivity index (χ3n) is 4.55. The molecule has 6 nitrogen and oxygen atoms in total. The first kappa shape index (κ1) is 13.3. The minimum absolute atomic E-state index is 0.0172. The predicted molar refractivity (Wildman–Crippen MR) is 75.9 cm³/mol. The topological polar surface area (TPSA) is 86.2 Å². The lowest BCUT2D eigenvalue weighted by Gasteiger charge is -2.29. The molecule has 1 aliphatic heterocycles. The van der Waals surface area contributed by atoms with Crippen molar-refractivity contribution < 1.29 is 9.84 Å². The van der Waals surface area contributed by atoms with Crippen molar-refractivity contribution in [3.63, 3.8) is 0 Å². The Morgan fingerprint density at radius 3 is 2.85 bits per heavy atom. The molecule has 0 amide bonds. The number of pyridine rings is 1. The Morgan fingerprint density at radius 1 is 1.45 bits per heavy atom. The van der Waals surface area contributed by atoms with Gasteiger partial charge in [0.05, 0.1) is 19.0 Å². The first-order chi connectivity index (χ1) is 9.45. The number of nitrogens with two attached hydrogens (primary N) is 1. The maximum absolute atomic E-state index is 9.46. The summed E-state index contributed by atoms with van der Waals surface area (Å²) in [5, 5.41) is 9.46. The Bertz CT molecular complexity index is 637. The molecule has 108 valence electrons. The van der Waals surface area contributed by atoms with Gasteiger partial charge in [-0.2, -0.15) is 0 Å². The maximum atomic E-state index is 9.46. The molecule has 3 heterocycles. The molecule has 6 heteroatoms. The highest BCUT2D eigenvalue weighted by molar-refractivity contribution is 5.72. The zero-order chi connectivity index (χ0) is 14.5. The molecule has 0 aromatic carbocycles. The van der Waals surface area contributed by atoms with Crippen LogP contribution in [0.3, 0.4) is 0 Å². The van der Waals surface area contributed by atoms with E-state index in [1.165, 1.54) is 0 Å². The number of nitrogens with zero attached hydrogens (tertiary/aromatic N) is 3. The van der Waals surface area contributed by atoms with E-state index in [1.54, 1.807) is 12.4 Å². The molecule has 0 saturated carbocycles. The van der Waals surface area contributed by atoms with Gasteiger partial charge in [-0.1, -0.05) is 20.8 Å². The zero-order valence-electron chi connectivity index (χ0n) is 11.9. The van der Waals surface area contributed by atoms with E-state index >= 15 is 0 Å². The molecule has 0 unspecified atom stereocenters. The molecule has 0 spiro atoms. The van der Waals surface area contributed by atoms with Gasteiger partial charge in [0.25, 0.3) is 0 Å². The maximum Gasteiger partial charge on any atom is 0.164 e. The number of ether oxygens (including phenoxy) is 1. The second-order valence-electron chi connectivity index (χ2n) is 6.05. The number of aromatic nitrogens is 3. The van der Waals surface area contributed by atoms with Crippen molar-refractivity contribution in [2.24, 2.45) is 11.3 Å². The van der Waals surface area contributed by atoms with Crippen LogP contribution in [0.1, 0.15) is 27.0 Å². The molecule has 1 saturated heterocycles. The van der Waals surface area contributed by atoms with E-state index < -0.39 is 0 Å². The summed E-state index contributed by atoms with van der Waals surface area (Å²) < 4.78 is 7.94. The largest absolute Gasteiger partial charge is 0.394 e. The van der Waals surface area contributed by atoms with Gasteiger partial charge in [0.15, 0.2) is 5.65 Å². The molecule has 3 atom stereocenters. The van der Waals surface area contributed by atoms with Crippen molar-refractivity contribution >= 4 is 17.0 Å². The van der Waals surface area contributed by atoms with Crippen LogP contribution in [0.15, 0.2) is 18.5 Å². The number of nitrogen functional groups attached to an aromatic ring is 1. The lowest BCUT2D eigenvalue weighted by molar-refractivity contribution is -0.0457. The molecular formula is C14H20N4O2. The van der Waals surface area contributed by atoms with Crippen LogP contribution in [-0.4, -0.2) is 32.4 Å². The number of imidazole rings is 1. The number of aliphatic hydroxyl groups excluding tert-OH is 1. The van der Waals surface area contributed by atoms with Crippen molar-refractivity contribution in [2.75, 3.05) is 12.3 Å². The molecule has 20 heavy (non-hydrogen) atoms. The molecule has 0 radical (unpaired) electrons. The van der Waals surface area contributed by atoms with Crippen LogP contribution in [0, 0.1) is 11.3 Å². The molecule has 3 rings (SSSR count). The number of hydrogen-bond acceptors (Lipinski definition) is 5. The van der Waals surface area contributed by atoms with Crippen LogP contribution >= 0.6 is 0 Å². The number of aliphatic hydroxyl groups is 1. The summed E-state index contributed by atoms with van der Waals surface area (Å²) in [6.45, 7) is 6.39. The average Bonchev–Trinajstić information content (AvgIpc) is 2.90. The van der Waals surface area contributed by atoms with Gasteiger partial charge < -0.3 is 15.6 Å². The smallest absolute Gasteiger partial charge is 0.164 e. The molecule has 1 aliphatic rings. The van der Waals surface area contributed by atoms with E-state index in [9.17, 15) is 5.11 Å². The second kappa shape index (κ2) is 4.43. The monoisotopic (exact) mass is 276 g/mol. The van der Waals surface area contributed by atoms with Crippen LogP contribution < -0.4 is 5.73 Å². The summed E-state index contributed by atoms with van der Waals surface area (Å²) >= 11 is 0. The van der Waals surface area contributed by atoms with Gasteiger partial charge in [-0.15, -0.1) is 0 Å². The van der Waals surface area contributed by atoms with Gasteiger partial charge in [-0.25, -0.2) is 9.97 Å².